The SMILES string of the molecule is C[C@@H](OC(=O)C(C)(C)C)[C@](O)(CCl)c1cc(F)ccc1F. The molecule has 3 nitrogen and oxygen atoms in total. The Kier molecular flexibility index (Phi) is 5.34. The molecule has 0 aliphatic rings. The Balaban J connectivity index is 3.14. The van der Waals surface area contributed by atoms with E-state index in [2.05, 4.69) is 0 Å². The Bertz CT molecular complexity index is 528. The lowest BCUT2D eigenvalue weighted by Gasteiger charge is -2.34. The number of halogens is 3. The largest absolute Gasteiger partial charge is 0.459 e. The van der Waals surface area contributed by atoms with Crippen LogP contribution in [0.4, 0.5) is 8.78 Å². The third-order valence-electron chi connectivity index (χ3n) is 3.17. The Morgan fingerprint density at radius 2 is 1.95 bits per heavy atom. The van der Waals surface area contributed by atoms with Crippen LogP contribution in [0.2, 0.25) is 0 Å². The zero-order chi connectivity index (χ0) is 16.4. The minimum absolute atomic E-state index is 0.341. The van der Waals surface area contributed by atoms with Gasteiger partial charge in [0.15, 0.2) is 0 Å². The molecule has 6 heteroatoms. The summed E-state index contributed by atoms with van der Waals surface area (Å²) in [5, 5.41) is 10.6. The van der Waals surface area contributed by atoms with E-state index in [1.165, 1.54) is 6.92 Å². The molecule has 2 atom stereocenters. The second-order valence-corrected chi connectivity index (χ2v) is 6.25. The van der Waals surface area contributed by atoms with Gasteiger partial charge < -0.3 is 9.84 Å². The molecule has 0 aliphatic heterocycles. The fourth-order valence-corrected chi connectivity index (χ4v) is 2.02. The van der Waals surface area contributed by atoms with E-state index in [0.717, 1.165) is 18.2 Å². The molecular formula is C15H19ClF2O3. The molecule has 0 unspecified atom stereocenters. The van der Waals surface area contributed by atoms with Crippen LogP contribution in [0, 0.1) is 17.0 Å². The highest BCUT2D eigenvalue weighted by atomic mass is 35.5. The molecule has 0 radical (unpaired) electrons. The molecule has 0 amide bonds. The van der Waals surface area contributed by atoms with E-state index in [9.17, 15) is 18.7 Å². The van der Waals surface area contributed by atoms with Crippen molar-refractivity contribution in [2.24, 2.45) is 5.41 Å². The maximum atomic E-state index is 13.9. The first-order valence-corrected chi connectivity index (χ1v) is 7.00. The molecular weight excluding hydrogens is 302 g/mol. The van der Waals surface area contributed by atoms with Crippen molar-refractivity contribution in [3.8, 4) is 0 Å². The second kappa shape index (κ2) is 6.28. The average molecular weight is 321 g/mol. The lowest BCUT2D eigenvalue weighted by Crippen LogP contribution is -2.44. The molecule has 0 spiro atoms. The standard InChI is InChI=1S/C15H19ClF2O3/c1-9(21-13(19)14(2,3)4)15(20,8-16)11-7-10(17)5-6-12(11)18/h5-7,9,20H,8H2,1-4H3/t9-,15-/m1/s1. The summed E-state index contributed by atoms with van der Waals surface area (Å²) in [5.41, 5.74) is -3.15. The molecule has 1 aromatic carbocycles. The quantitative estimate of drug-likeness (QED) is 0.683. The van der Waals surface area contributed by atoms with Crippen LogP contribution in [0.1, 0.15) is 33.3 Å². The number of hydrogen-bond donors (Lipinski definition) is 1. The van der Waals surface area contributed by atoms with Crippen LogP contribution in [0.15, 0.2) is 18.2 Å². The van der Waals surface area contributed by atoms with Crippen molar-refractivity contribution in [1.29, 1.82) is 0 Å². The normalized spacial score (nSPS) is 16.2. The predicted molar refractivity (Wildman–Crippen MR) is 76.0 cm³/mol. The van der Waals surface area contributed by atoms with Gasteiger partial charge in [0, 0.05) is 5.56 Å². The van der Waals surface area contributed by atoms with Gasteiger partial charge in [-0.2, -0.15) is 0 Å². The summed E-state index contributed by atoms with van der Waals surface area (Å²) < 4.78 is 32.3. The van der Waals surface area contributed by atoms with Crippen molar-refractivity contribution in [3.63, 3.8) is 0 Å². The van der Waals surface area contributed by atoms with Crippen molar-refractivity contribution < 1.29 is 23.4 Å². The minimum atomic E-state index is -2.02. The summed E-state index contributed by atoms with van der Waals surface area (Å²) in [6.45, 7) is 6.32. The average Bonchev–Trinajstić information content (AvgIpc) is 2.39. The number of esters is 1. The van der Waals surface area contributed by atoms with Gasteiger partial charge in [-0.15, -0.1) is 11.6 Å². The number of carbonyl (C=O) groups is 1. The van der Waals surface area contributed by atoms with E-state index in [4.69, 9.17) is 16.3 Å². The number of aliphatic hydroxyl groups is 1. The number of carbonyl (C=O) groups excluding carboxylic acids is 1. The van der Waals surface area contributed by atoms with Gasteiger partial charge in [0.1, 0.15) is 23.3 Å². The predicted octanol–water partition coefficient (Wildman–Crippen LogP) is 3.37. The van der Waals surface area contributed by atoms with E-state index in [0.29, 0.717) is 0 Å². The molecule has 0 fully saturated rings. The maximum absolute atomic E-state index is 13.9. The van der Waals surface area contributed by atoms with Gasteiger partial charge in [0.25, 0.3) is 0 Å². The Morgan fingerprint density at radius 3 is 2.43 bits per heavy atom. The summed E-state index contributed by atoms with van der Waals surface area (Å²) in [6, 6.07) is 2.67. The molecule has 0 aromatic heterocycles. The summed E-state index contributed by atoms with van der Waals surface area (Å²) in [6.07, 6.45) is -1.14. The zero-order valence-electron chi connectivity index (χ0n) is 12.4. The first kappa shape index (κ1) is 17.9. The van der Waals surface area contributed by atoms with Crippen molar-refractivity contribution >= 4 is 17.6 Å². The van der Waals surface area contributed by atoms with Crippen molar-refractivity contribution in [2.75, 3.05) is 5.88 Å². The lowest BCUT2D eigenvalue weighted by molar-refractivity contribution is -0.171. The molecule has 0 saturated heterocycles. The Labute approximate surface area is 127 Å². The topological polar surface area (TPSA) is 46.5 Å². The lowest BCUT2D eigenvalue weighted by atomic mass is 9.89. The van der Waals surface area contributed by atoms with Crippen LogP contribution >= 0.6 is 11.6 Å². The number of alkyl halides is 1. The number of rotatable bonds is 4. The third-order valence-corrected chi connectivity index (χ3v) is 3.57. The summed E-state index contributed by atoms with van der Waals surface area (Å²) in [5.74, 6) is -2.57. The molecule has 1 aromatic rings. The first-order valence-electron chi connectivity index (χ1n) is 6.47. The molecule has 118 valence electrons. The van der Waals surface area contributed by atoms with Crippen LogP contribution in [0.3, 0.4) is 0 Å². The van der Waals surface area contributed by atoms with Gasteiger partial charge in [-0.25, -0.2) is 8.78 Å². The summed E-state index contributed by atoms with van der Waals surface area (Å²) in [4.78, 5) is 11.9. The monoisotopic (exact) mass is 320 g/mol. The number of hydrogen-bond acceptors (Lipinski definition) is 3. The fraction of sp³-hybridized carbons (Fsp3) is 0.533. The Morgan fingerprint density at radius 1 is 1.38 bits per heavy atom. The highest BCUT2D eigenvalue weighted by molar-refractivity contribution is 6.18. The van der Waals surface area contributed by atoms with Crippen LogP contribution in [0.25, 0.3) is 0 Å². The van der Waals surface area contributed by atoms with E-state index in [1.807, 2.05) is 0 Å². The van der Waals surface area contributed by atoms with E-state index >= 15 is 0 Å². The van der Waals surface area contributed by atoms with Gasteiger partial charge in [0.05, 0.1) is 11.3 Å². The molecule has 21 heavy (non-hydrogen) atoms. The van der Waals surface area contributed by atoms with Crippen LogP contribution < -0.4 is 0 Å². The highest BCUT2D eigenvalue weighted by Gasteiger charge is 2.41. The van der Waals surface area contributed by atoms with Crippen molar-refractivity contribution in [1.82, 2.24) is 0 Å². The van der Waals surface area contributed by atoms with Gasteiger partial charge in [-0.05, 0) is 45.9 Å². The number of benzene rings is 1. The van der Waals surface area contributed by atoms with Crippen molar-refractivity contribution in [2.45, 2.75) is 39.4 Å². The summed E-state index contributed by atoms with van der Waals surface area (Å²) >= 11 is 5.73. The van der Waals surface area contributed by atoms with Crippen LogP contribution in [0.5, 0.6) is 0 Å². The smallest absolute Gasteiger partial charge is 0.311 e. The summed E-state index contributed by atoms with van der Waals surface area (Å²) in [7, 11) is 0. The molecule has 0 aliphatic carbocycles. The fourth-order valence-electron chi connectivity index (χ4n) is 1.66. The molecule has 0 heterocycles. The van der Waals surface area contributed by atoms with Gasteiger partial charge in [0.2, 0.25) is 0 Å². The molecule has 0 saturated carbocycles. The second-order valence-electron chi connectivity index (χ2n) is 5.98. The molecule has 1 N–H and O–H groups in total. The van der Waals surface area contributed by atoms with Gasteiger partial charge >= 0.3 is 5.97 Å². The molecule has 1 rings (SSSR count). The Hall–Kier alpha value is -1.20. The van der Waals surface area contributed by atoms with Crippen molar-refractivity contribution in [3.05, 3.63) is 35.4 Å². The van der Waals surface area contributed by atoms with Gasteiger partial charge in [-0.3, -0.25) is 4.79 Å². The first-order chi connectivity index (χ1) is 9.52. The van der Waals surface area contributed by atoms with E-state index in [1.54, 1.807) is 20.8 Å². The maximum Gasteiger partial charge on any atom is 0.311 e. The van der Waals surface area contributed by atoms with Crippen LogP contribution in [-0.4, -0.2) is 23.1 Å². The highest BCUT2D eigenvalue weighted by Crippen LogP contribution is 2.32. The minimum Gasteiger partial charge on any atom is -0.459 e. The van der Waals surface area contributed by atoms with Crippen LogP contribution in [-0.2, 0) is 15.1 Å². The zero-order valence-corrected chi connectivity index (χ0v) is 13.2. The number of ether oxygens (including phenoxy) is 1. The molecule has 0 bridgehead atoms. The van der Waals surface area contributed by atoms with Gasteiger partial charge in [-0.1, -0.05) is 0 Å². The van der Waals surface area contributed by atoms with E-state index < -0.39 is 40.6 Å². The third kappa shape index (κ3) is 3.92. The van der Waals surface area contributed by atoms with E-state index in [-0.39, 0.29) is 5.56 Å².